The summed E-state index contributed by atoms with van der Waals surface area (Å²) in [5, 5.41) is 3.02. The fraction of sp³-hybridized carbons (Fsp3) is 0.500. The average molecular weight is 493 g/mol. The van der Waals surface area contributed by atoms with Gasteiger partial charge >= 0.3 is 6.36 Å². The van der Waals surface area contributed by atoms with E-state index in [1.807, 2.05) is 12.3 Å². The Bertz CT molecular complexity index is 988. The maximum Gasteiger partial charge on any atom is 0.522 e. The Morgan fingerprint density at radius 1 is 1.41 bits per heavy atom. The van der Waals surface area contributed by atoms with Crippen LogP contribution < -0.4 is 4.74 Å². The minimum atomic E-state index is -4.72. The molecule has 0 spiro atoms. The van der Waals surface area contributed by atoms with Crippen molar-refractivity contribution in [1.82, 2.24) is 9.88 Å². The van der Waals surface area contributed by atoms with Crippen LogP contribution in [0.3, 0.4) is 0 Å². The molecular formula is C20H20ClF3N2O5S. The summed E-state index contributed by atoms with van der Waals surface area (Å²) in [7, 11) is 0. The molecular weight excluding hydrogens is 473 g/mol. The highest BCUT2D eigenvalue weighted by Gasteiger charge is 2.52. The molecule has 0 bridgehead atoms. The lowest BCUT2D eigenvalue weighted by Crippen LogP contribution is -2.53. The summed E-state index contributed by atoms with van der Waals surface area (Å²) < 4.78 is 56.6. The smallest absolute Gasteiger partial charge is 0.490 e. The largest absolute Gasteiger partial charge is 0.522 e. The van der Waals surface area contributed by atoms with Crippen LogP contribution in [0.25, 0.3) is 0 Å². The average Bonchev–Trinajstić information content (AvgIpc) is 3.37. The molecule has 1 aromatic carbocycles. The third-order valence-electron chi connectivity index (χ3n) is 5.37. The molecule has 2 atom stereocenters. The van der Waals surface area contributed by atoms with E-state index in [4.69, 9.17) is 25.8 Å². The molecule has 0 saturated carbocycles. The lowest BCUT2D eigenvalue weighted by atomic mass is 9.86. The zero-order chi connectivity index (χ0) is 22.9. The van der Waals surface area contributed by atoms with E-state index in [0.717, 1.165) is 10.7 Å². The molecule has 1 aromatic heterocycles. The van der Waals surface area contributed by atoms with E-state index in [1.54, 1.807) is 4.90 Å². The lowest BCUT2D eigenvalue weighted by molar-refractivity contribution is -0.325. The van der Waals surface area contributed by atoms with Gasteiger partial charge in [-0.2, -0.15) is 0 Å². The molecule has 1 amide bonds. The summed E-state index contributed by atoms with van der Waals surface area (Å²) >= 11 is 7.70. The molecule has 7 nitrogen and oxygen atoms in total. The predicted molar refractivity (Wildman–Crippen MR) is 109 cm³/mol. The van der Waals surface area contributed by atoms with Gasteiger partial charge in [0.2, 0.25) is 0 Å². The third kappa shape index (κ3) is 4.86. The minimum absolute atomic E-state index is 0.118. The number of aryl methyl sites for hydroxylation is 1. The Kier molecular flexibility index (Phi) is 6.64. The van der Waals surface area contributed by atoms with Crippen molar-refractivity contribution < 1.29 is 36.9 Å². The highest BCUT2D eigenvalue weighted by molar-refractivity contribution is 7.09. The minimum Gasteiger partial charge on any atom is -0.490 e. The van der Waals surface area contributed by atoms with E-state index in [1.165, 1.54) is 29.5 Å². The van der Waals surface area contributed by atoms with E-state index in [2.05, 4.69) is 9.72 Å². The van der Waals surface area contributed by atoms with Gasteiger partial charge in [0, 0.05) is 23.9 Å². The van der Waals surface area contributed by atoms with Gasteiger partial charge < -0.3 is 19.1 Å². The number of benzene rings is 1. The van der Waals surface area contributed by atoms with Gasteiger partial charge in [0.15, 0.2) is 0 Å². The first-order valence-corrected chi connectivity index (χ1v) is 11.0. The summed E-state index contributed by atoms with van der Waals surface area (Å²) in [6.07, 6.45) is -4.52. The molecule has 1 unspecified atom stereocenters. The molecule has 2 aromatic rings. The first-order chi connectivity index (χ1) is 15.2. The Balaban J connectivity index is 1.39. The van der Waals surface area contributed by atoms with Crippen molar-refractivity contribution in [3.8, 4) is 5.75 Å². The predicted octanol–water partition coefficient (Wildman–Crippen LogP) is 4.13. The van der Waals surface area contributed by atoms with E-state index in [0.29, 0.717) is 25.1 Å². The topological polar surface area (TPSA) is 70.1 Å². The van der Waals surface area contributed by atoms with E-state index < -0.39 is 18.6 Å². The van der Waals surface area contributed by atoms with Crippen molar-refractivity contribution in [2.24, 2.45) is 0 Å². The molecule has 0 radical (unpaired) electrons. The number of carbonyl (C=O) groups excluding carboxylic acids is 1. The number of piperidine rings is 1. The second kappa shape index (κ2) is 9.14. The van der Waals surface area contributed by atoms with Crippen molar-refractivity contribution in [2.45, 2.75) is 31.4 Å². The lowest BCUT2D eigenvalue weighted by Gasteiger charge is -2.40. The molecule has 4 rings (SSSR count). The number of halogens is 4. The third-order valence-corrected chi connectivity index (χ3v) is 6.44. The van der Waals surface area contributed by atoms with Crippen LogP contribution in [-0.2, 0) is 19.8 Å². The van der Waals surface area contributed by atoms with Crippen LogP contribution in [0.1, 0.15) is 27.5 Å². The van der Waals surface area contributed by atoms with Gasteiger partial charge in [-0.25, -0.2) is 4.98 Å². The summed E-state index contributed by atoms with van der Waals surface area (Å²) in [5.74, 6) is -0.0736. The molecule has 12 heteroatoms. The van der Waals surface area contributed by atoms with E-state index in [9.17, 15) is 18.0 Å². The number of ether oxygens (including phenoxy) is 4. The number of thiazole rings is 1. The molecule has 2 aliphatic heterocycles. The van der Waals surface area contributed by atoms with Crippen LogP contribution in [0.2, 0.25) is 5.02 Å². The number of amides is 1. The number of nitrogens with zero attached hydrogens (tertiary/aromatic N) is 2. The van der Waals surface area contributed by atoms with Crippen LogP contribution in [0.15, 0.2) is 23.6 Å². The number of carbonyl (C=O) groups is 1. The van der Waals surface area contributed by atoms with Crippen molar-refractivity contribution in [3.63, 3.8) is 0 Å². The highest BCUT2D eigenvalue weighted by atomic mass is 35.5. The molecule has 2 saturated heterocycles. The Hall–Kier alpha value is -1.92. The first-order valence-electron chi connectivity index (χ1n) is 9.78. The van der Waals surface area contributed by atoms with Gasteiger partial charge in [0.1, 0.15) is 30.9 Å². The van der Waals surface area contributed by atoms with Crippen LogP contribution in [-0.4, -0.2) is 61.4 Å². The molecule has 174 valence electrons. The molecule has 2 fully saturated rings. The number of likely N-dealkylation sites (tertiary alicyclic amines) is 1. The van der Waals surface area contributed by atoms with Crippen LogP contribution in [0.4, 0.5) is 13.2 Å². The second-order valence-electron chi connectivity index (χ2n) is 7.35. The highest BCUT2D eigenvalue weighted by Crippen LogP contribution is 2.43. The number of fused-ring (bicyclic) bond motifs is 1. The van der Waals surface area contributed by atoms with Crippen molar-refractivity contribution >= 4 is 28.8 Å². The van der Waals surface area contributed by atoms with Gasteiger partial charge in [0.05, 0.1) is 28.9 Å². The van der Waals surface area contributed by atoms with Gasteiger partial charge in [0.25, 0.3) is 5.91 Å². The Labute approximate surface area is 191 Å². The molecule has 3 heterocycles. The first kappa shape index (κ1) is 23.2. The zero-order valence-electron chi connectivity index (χ0n) is 17.0. The van der Waals surface area contributed by atoms with Crippen molar-refractivity contribution in [1.29, 1.82) is 0 Å². The molecule has 0 aliphatic carbocycles. The fourth-order valence-electron chi connectivity index (χ4n) is 3.83. The van der Waals surface area contributed by atoms with Gasteiger partial charge in [-0.1, -0.05) is 11.6 Å². The standard InChI is InChI=1S/C20H20ClF3N2O5S/c1-12-25-16(10-32-12)19-4-5-26(9-17(19)29-11-31-19)18(27)13-2-3-15(14(21)8-13)28-6-7-30-20(22,23)24/h2-3,8,10,17H,4-7,9,11H2,1H3/t17?,19-/m1/s1. The zero-order valence-corrected chi connectivity index (χ0v) is 18.6. The number of rotatable bonds is 6. The van der Waals surface area contributed by atoms with E-state index in [-0.39, 0.29) is 36.2 Å². The number of alkyl halides is 3. The Morgan fingerprint density at radius 2 is 2.22 bits per heavy atom. The molecule has 32 heavy (non-hydrogen) atoms. The Morgan fingerprint density at radius 3 is 2.91 bits per heavy atom. The van der Waals surface area contributed by atoms with Crippen LogP contribution in [0, 0.1) is 6.92 Å². The van der Waals surface area contributed by atoms with Gasteiger partial charge in [-0.3, -0.25) is 9.53 Å². The summed E-state index contributed by atoms with van der Waals surface area (Å²) in [5.41, 5.74) is 0.508. The second-order valence-corrected chi connectivity index (χ2v) is 8.82. The molecule has 2 aliphatic rings. The maximum atomic E-state index is 13.0. The quantitative estimate of drug-likeness (QED) is 0.565. The van der Waals surface area contributed by atoms with Crippen molar-refractivity contribution in [3.05, 3.63) is 44.9 Å². The summed E-state index contributed by atoms with van der Waals surface area (Å²) in [4.78, 5) is 19.3. The fourth-order valence-corrected chi connectivity index (χ4v) is 4.75. The summed E-state index contributed by atoms with van der Waals surface area (Å²) in [6, 6.07) is 4.40. The monoisotopic (exact) mass is 492 g/mol. The number of aromatic nitrogens is 1. The van der Waals surface area contributed by atoms with Gasteiger partial charge in [-0.05, 0) is 25.1 Å². The van der Waals surface area contributed by atoms with Crippen LogP contribution in [0.5, 0.6) is 5.75 Å². The van der Waals surface area contributed by atoms with E-state index >= 15 is 0 Å². The number of hydrogen-bond donors (Lipinski definition) is 0. The normalized spacial score (nSPS) is 23.3. The number of hydrogen-bond acceptors (Lipinski definition) is 7. The molecule has 0 N–H and O–H groups in total. The van der Waals surface area contributed by atoms with Crippen LogP contribution >= 0.6 is 22.9 Å². The van der Waals surface area contributed by atoms with Gasteiger partial charge in [-0.15, -0.1) is 24.5 Å². The van der Waals surface area contributed by atoms with Crippen molar-refractivity contribution in [2.75, 3.05) is 33.1 Å². The SMILES string of the molecule is Cc1nc([C@]23CCN(C(=O)c4ccc(OCCOC(F)(F)F)c(Cl)c4)CC2OCO3)cs1. The summed E-state index contributed by atoms with van der Waals surface area (Å²) in [6.45, 7) is 1.84. The maximum absolute atomic E-state index is 13.0.